The Labute approximate surface area is 143 Å². The van der Waals surface area contributed by atoms with E-state index in [0.29, 0.717) is 0 Å². The van der Waals surface area contributed by atoms with E-state index in [-0.39, 0.29) is 58.0 Å². The smallest absolute Gasteiger partial charge is 0.861 e. The molecule has 0 radical (unpaired) electrons. The Bertz CT molecular complexity index is 657. The molecule has 0 aliphatic carbocycles. The molecule has 1 rings (SSSR count). The maximum Gasteiger partial charge on any atom is 1.00 e. The summed E-state index contributed by atoms with van der Waals surface area (Å²) in [7, 11) is -4.43. The molecule has 0 fully saturated rings. The molecule has 1 N–H and O–H groups in total. The van der Waals surface area contributed by atoms with Crippen molar-refractivity contribution in [1.29, 1.82) is 0 Å². The Morgan fingerprint density at radius 3 is 2.45 bits per heavy atom. The minimum Gasteiger partial charge on any atom is -0.861 e. The molecule has 0 heterocycles. The van der Waals surface area contributed by atoms with Gasteiger partial charge in [-0.05, 0) is 37.4 Å². The van der Waals surface area contributed by atoms with Crippen molar-refractivity contribution < 1.29 is 52.4 Å². The molecule has 0 aliphatic heterocycles. The fourth-order valence-corrected chi connectivity index (χ4v) is 2.43. The van der Waals surface area contributed by atoms with Gasteiger partial charge in [0.1, 0.15) is 10.7 Å². The summed E-state index contributed by atoms with van der Waals surface area (Å²) in [5.41, 5.74) is 0.386. The van der Waals surface area contributed by atoms with Crippen LogP contribution in [-0.4, -0.2) is 24.7 Å². The third-order valence-electron chi connectivity index (χ3n) is 2.25. The maximum atomic E-state index is 11.4. The van der Waals surface area contributed by atoms with E-state index in [2.05, 4.69) is 4.99 Å². The van der Waals surface area contributed by atoms with E-state index >= 15 is 0 Å². The van der Waals surface area contributed by atoms with Crippen LogP contribution in [0.2, 0.25) is 5.02 Å². The van der Waals surface area contributed by atoms with E-state index in [0.717, 1.165) is 6.07 Å². The first-order valence-electron chi connectivity index (χ1n) is 5.13. The van der Waals surface area contributed by atoms with Crippen molar-refractivity contribution in [2.45, 2.75) is 25.2 Å². The van der Waals surface area contributed by atoms with E-state index in [1.165, 1.54) is 19.9 Å². The summed E-state index contributed by atoms with van der Waals surface area (Å²) in [4.78, 5) is 14.0. The number of Topliss-reactive ketones (excluding diaryl/α,β-unsaturated/α-hetero) is 1. The summed E-state index contributed by atoms with van der Waals surface area (Å²) in [5, 5.41) is 11.2. The number of hydrogen-bond acceptors (Lipinski definition) is 5. The van der Waals surface area contributed by atoms with Gasteiger partial charge in [0.25, 0.3) is 10.1 Å². The summed E-state index contributed by atoms with van der Waals surface area (Å²) in [6.07, 6.45) is -0.336. The molecule has 0 atom stereocenters. The molecule has 9 heteroatoms. The molecule has 0 spiro atoms. The average molecular weight is 328 g/mol. The van der Waals surface area contributed by atoms with Gasteiger partial charge in [-0.3, -0.25) is 14.3 Å². The molecule has 0 saturated carbocycles. The maximum absolute atomic E-state index is 11.4. The number of rotatable bonds is 4. The first-order chi connectivity index (χ1) is 8.62. The van der Waals surface area contributed by atoms with Crippen molar-refractivity contribution in [2.75, 3.05) is 0 Å². The summed E-state index contributed by atoms with van der Waals surface area (Å²) >= 11 is 5.79. The van der Waals surface area contributed by atoms with E-state index in [1.807, 2.05) is 0 Å². The quantitative estimate of drug-likeness (QED) is 0.306. The predicted octanol–water partition coefficient (Wildman–Crippen LogP) is -1.73. The number of carbonyl (C=O) groups excluding carboxylic acids is 1. The first-order valence-corrected chi connectivity index (χ1v) is 6.95. The molecule has 1 aromatic rings. The number of ketones is 1. The van der Waals surface area contributed by atoms with Gasteiger partial charge in [-0.25, -0.2) is 0 Å². The van der Waals surface area contributed by atoms with Crippen LogP contribution < -0.4 is 34.7 Å². The van der Waals surface area contributed by atoms with Gasteiger partial charge < -0.3 is 5.11 Å². The second-order valence-electron chi connectivity index (χ2n) is 3.88. The molecular weight excluding hydrogens is 317 g/mol. The molecule has 0 saturated heterocycles. The zero-order valence-corrected chi connectivity index (χ0v) is 14.7. The molecule has 0 amide bonds. The molecule has 0 aromatic heterocycles. The van der Waals surface area contributed by atoms with Crippen LogP contribution in [0.1, 0.15) is 18.9 Å². The van der Waals surface area contributed by atoms with Gasteiger partial charge in [0, 0.05) is 6.42 Å². The van der Waals surface area contributed by atoms with E-state index in [9.17, 15) is 18.3 Å². The van der Waals surface area contributed by atoms with Crippen LogP contribution in [0.4, 0.5) is 5.69 Å². The van der Waals surface area contributed by atoms with E-state index < -0.39 is 20.9 Å². The fraction of sp³-hybridized carbons (Fsp3) is 0.273. The standard InChI is InChI=1S/C11H12ClNO5S.Na/c1-6(14)5-10(15)13-8-3-4-9(19(16,17)18)11(12)7(8)2;/h3-4H,5H2,1-2H3,(H,13,15)(H,16,17,18);/q;+1/p-1. The van der Waals surface area contributed by atoms with Crippen LogP contribution >= 0.6 is 11.6 Å². The van der Waals surface area contributed by atoms with Crippen LogP contribution in [0, 0.1) is 6.92 Å². The number of aliphatic imine (C=N–C) groups is 1. The number of benzene rings is 1. The summed E-state index contributed by atoms with van der Waals surface area (Å²) in [6, 6.07) is 2.28. The van der Waals surface area contributed by atoms with Gasteiger partial charge >= 0.3 is 29.6 Å². The van der Waals surface area contributed by atoms with Gasteiger partial charge in [0.05, 0.1) is 10.7 Å². The molecule has 0 unspecified atom stereocenters. The minimum absolute atomic E-state index is 0. The Morgan fingerprint density at radius 2 is 2.00 bits per heavy atom. The van der Waals surface area contributed by atoms with Crippen molar-refractivity contribution in [3.05, 3.63) is 22.7 Å². The number of carbonyl (C=O) groups is 1. The van der Waals surface area contributed by atoms with Crippen molar-refractivity contribution in [2.24, 2.45) is 4.99 Å². The van der Waals surface area contributed by atoms with E-state index in [4.69, 9.17) is 16.2 Å². The van der Waals surface area contributed by atoms with Crippen molar-refractivity contribution >= 4 is 39.1 Å². The third-order valence-corrected chi connectivity index (χ3v) is 3.74. The van der Waals surface area contributed by atoms with Gasteiger partial charge in [0.2, 0.25) is 0 Å². The van der Waals surface area contributed by atoms with Crippen molar-refractivity contribution in [1.82, 2.24) is 0 Å². The zero-order valence-electron chi connectivity index (χ0n) is 11.2. The largest absolute Gasteiger partial charge is 1.00 e. The summed E-state index contributed by atoms with van der Waals surface area (Å²) in [5.74, 6) is -0.974. The van der Waals surface area contributed by atoms with Gasteiger partial charge in [0.15, 0.2) is 0 Å². The first kappa shape index (κ1) is 19.6. The molecule has 6 nitrogen and oxygen atoms in total. The normalized spacial score (nSPS) is 11.9. The van der Waals surface area contributed by atoms with Gasteiger partial charge in [-0.1, -0.05) is 11.6 Å². The molecule has 0 aliphatic rings. The SMILES string of the molecule is CC(=O)CC([O-])=Nc1ccc(S(=O)(=O)O)c(Cl)c1C.[Na+]. The second kappa shape index (κ2) is 7.53. The van der Waals surface area contributed by atoms with Crippen molar-refractivity contribution in [3.8, 4) is 0 Å². The summed E-state index contributed by atoms with van der Waals surface area (Å²) < 4.78 is 31.0. The number of halogens is 1. The van der Waals surface area contributed by atoms with Gasteiger partial charge in [-0.2, -0.15) is 8.42 Å². The van der Waals surface area contributed by atoms with Crippen LogP contribution in [0.15, 0.2) is 22.0 Å². The Kier molecular flexibility index (Phi) is 7.37. The average Bonchev–Trinajstić information content (AvgIpc) is 2.21. The fourth-order valence-electron chi connectivity index (χ4n) is 1.36. The number of hydrogen-bond donors (Lipinski definition) is 1. The van der Waals surface area contributed by atoms with Crippen LogP contribution in [0.5, 0.6) is 0 Å². The van der Waals surface area contributed by atoms with Crippen LogP contribution in [0.3, 0.4) is 0 Å². The summed E-state index contributed by atoms with van der Waals surface area (Å²) in [6.45, 7) is 2.71. The number of nitrogens with zero attached hydrogens (tertiary/aromatic N) is 1. The molecule has 1 aromatic carbocycles. The molecular formula is C11H11ClNNaO5S. The Morgan fingerprint density at radius 1 is 1.45 bits per heavy atom. The Hall–Kier alpha value is -0.440. The van der Waals surface area contributed by atoms with Gasteiger partial charge in [-0.15, -0.1) is 0 Å². The zero-order chi connectivity index (χ0) is 14.8. The topological polar surface area (TPSA) is 107 Å². The molecule has 20 heavy (non-hydrogen) atoms. The molecule has 104 valence electrons. The van der Waals surface area contributed by atoms with E-state index in [1.54, 1.807) is 0 Å². The Balaban J connectivity index is 0.00000361. The second-order valence-corrected chi connectivity index (χ2v) is 5.65. The third kappa shape index (κ3) is 5.16. The van der Waals surface area contributed by atoms with Crippen molar-refractivity contribution in [3.63, 3.8) is 0 Å². The molecule has 0 bridgehead atoms. The minimum atomic E-state index is -4.43. The monoisotopic (exact) mass is 327 g/mol. The predicted molar refractivity (Wildman–Crippen MR) is 68.4 cm³/mol. The van der Waals surface area contributed by atoms with Crippen LogP contribution in [-0.2, 0) is 14.9 Å². The van der Waals surface area contributed by atoms with Crippen LogP contribution in [0.25, 0.3) is 0 Å².